The maximum absolute atomic E-state index is 13.0. The number of carbonyl (C=O) groups is 1. The third-order valence-corrected chi connectivity index (χ3v) is 5.28. The Labute approximate surface area is 192 Å². The molecule has 34 heavy (non-hydrogen) atoms. The summed E-state index contributed by atoms with van der Waals surface area (Å²) in [5.74, 6) is 0.825. The molecule has 1 aromatic carbocycles. The van der Waals surface area contributed by atoms with E-state index in [-0.39, 0.29) is 18.4 Å². The van der Waals surface area contributed by atoms with Gasteiger partial charge in [-0.1, -0.05) is 12.1 Å². The number of aliphatic hydroxyl groups is 1. The quantitative estimate of drug-likeness (QED) is 0.554. The summed E-state index contributed by atoms with van der Waals surface area (Å²) in [4.78, 5) is 30.4. The van der Waals surface area contributed by atoms with Gasteiger partial charge in [0.2, 0.25) is 5.95 Å². The lowest BCUT2D eigenvalue weighted by Crippen LogP contribution is -2.41. The zero-order valence-corrected chi connectivity index (χ0v) is 18.2. The minimum absolute atomic E-state index is 0.0474. The third-order valence-electron chi connectivity index (χ3n) is 5.28. The van der Waals surface area contributed by atoms with Crippen LogP contribution in [0.3, 0.4) is 0 Å². The number of ether oxygens (including phenoxy) is 1. The summed E-state index contributed by atoms with van der Waals surface area (Å²) in [7, 11) is 0. The Kier molecular flexibility index (Phi) is 6.33. The predicted octanol–water partition coefficient (Wildman–Crippen LogP) is 3.83. The van der Waals surface area contributed by atoms with Crippen LogP contribution in [0.4, 0.5) is 29.7 Å². The number of hydrogen-bond donors (Lipinski definition) is 2. The fraction of sp³-hybridized carbons (Fsp3) is 0.318. The third kappa shape index (κ3) is 4.91. The first kappa shape index (κ1) is 23.4. The van der Waals surface area contributed by atoms with Gasteiger partial charge in [0.25, 0.3) is 0 Å². The molecular weight excluding hydrogens is 453 g/mol. The Hall–Kier alpha value is -3.80. The molecule has 12 heteroatoms. The van der Waals surface area contributed by atoms with Crippen molar-refractivity contribution >= 4 is 17.9 Å². The minimum atomic E-state index is -4.44. The molecule has 1 aliphatic heterocycles. The monoisotopic (exact) mass is 474 g/mol. The van der Waals surface area contributed by atoms with Gasteiger partial charge in [-0.3, -0.25) is 4.90 Å². The molecule has 0 saturated carbocycles. The van der Waals surface area contributed by atoms with Crippen LogP contribution in [0, 0.1) is 0 Å². The Bertz CT molecular complexity index is 1170. The number of cyclic esters (lactones) is 1. The van der Waals surface area contributed by atoms with E-state index in [1.807, 2.05) is 0 Å². The Balaban J connectivity index is 1.49. The Morgan fingerprint density at radius 2 is 1.88 bits per heavy atom. The van der Waals surface area contributed by atoms with Gasteiger partial charge in [-0.25, -0.2) is 19.7 Å². The lowest BCUT2D eigenvalue weighted by Gasteiger charge is -2.23. The van der Waals surface area contributed by atoms with Crippen molar-refractivity contribution in [1.82, 2.24) is 19.9 Å². The average Bonchev–Trinajstić information content (AvgIpc) is 3.20. The first-order valence-electron chi connectivity index (χ1n) is 10.4. The van der Waals surface area contributed by atoms with E-state index in [9.17, 15) is 23.1 Å². The van der Waals surface area contributed by atoms with E-state index in [2.05, 4.69) is 25.3 Å². The van der Waals surface area contributed by atoms with Crippen LogP contribution in [0.1, 0.15) is 31.3 Å². The van der Waals surface area contributed by atoms with Crippen LogP contribution < -0.4 is 10.2 Å². The van der Waals surface area contributed by atoms with Crippen molar-refractivity contribution in [1.29, 1.82) is 0 Å². The first-order chi connectivity index (χ1) is 16.1. The molecule has 3 atom stereocenters. The number of hydrogen-bond acceptors (Lipinski definition) is 8. The van der Waals surface area contributed by atoms with Crippen LogP contribution in [0.25, 0.3) is 11.1 Å². The summed E-state index contributed by atoms with van der Waals surface area (Å²) >= 11 is 0. The molecule has 4 rings (SSSR count). The maximum atomic E-state index is 13.0. The summed E-state index contributed by atoms with van der Waals surface area (Å²) in [5, 5.41) is 13.0. The Morgan fingerprint density at radius 1 is 1.15 bits per heavy atom. The van der Waals surface area contributed by atoms with Gasteiger partial charge >= 0.3 is 12.3 Å². The van der Waals surface area contributed by atoms with Crippen LogP contribution in [0.5, 0.6) is 0 Å². The lowest BCUT2D eigenvalue weighted by molar-refractivity contribution is -0.137. The van der Waals surface area contributed by atoms with Crippen molar-refractivity contribution in [3.05, 3.63) is 60.3 Å². The summed E-state index contributed by atoms with van der Waals surface area (Å²) in [6.45, 7) is 3.37. The smallest absolute Gasteiger partial charge is 0.416 e. The summed E-state index contributed by atoms with van der Waals surface area (Å²) in [6, 6.07) is 5.44. The molecule has 1 amide bonds. The van der Waals surface area contributed by atoms with Crippen LogP contribution in [0.15, 0.2) is 48.9 Å². The number of amides is 1. The van der Waals surface area contributed by atoms with Gasteiger partial charge in [0.1, 0.15) is 24.3 Å². The molecule has 3 heterocycles. The topological polar surface area (TPSA) is 113 Å². The van der Waals surface area contributed by atoms with Gasteiger partial charge in [0.15, 0.2) is 0 Å². The first-order valence-corrected chi connectivity index (χ1v) is 10.4. The van der Waals surface area contributed by atoms with Crippen LogP contribution >= 0.6 is 0 Å². The van der Waals surface area contributed by atoms with E-state index in [4.69, 9.17) is 4.74 Å². The highest BCUT2D eigenvalue weighted by atomic mass is 19.4. The number of rotatable bonds is 6. The van der Waals surface area contributed by atoms with Crippen molar-refractivity contribution in [3.8, 4) is 11.1 Å². The minimum Gasteiger partial charge on any atom is -0.447 e. The number of alkyl halides is 3. The van der Waals surface area contributed by atoms with Crippen molar-refractivity contribution in [2.45, 2.75) is 38.2 Å². The van der Waals surface area contributed by atoms with E-state index in [0.29, 0.717) is 17.0 Å². The molecule has 1 unspecified atom stereocenters. The second-order valence-electron chi connectivity index (χ2n) is 7.77. The average molecular weight is 474 g/mol. The second kappa shape index (κ2) is 9.21. The highest BCUT2D eigenvalue weighted by Gasteiger charge is 2.38. The van der Waals surface area contributed by atoms with Gasteiger partial charge < -0.3 is 15.2 Å². The van der Waals surface area contributed by atoms with E-state index in [1.165, 1.54) is 35.6 Å². The molecule has 2 aromatic heterocycles. The number of aliphatic hydroxyl groups excluding tert-OH is 1. The largest absolute Gasteiger partial charge is 0.447 e. The van der Waals surface area contributed by atoms with Gasteiger partial charge in [-0.15, -0.1) is 0 Å². The summed E-state index contributed by atoms with van der Waals surface area (Å²) in [6.07, 6.45) is -1.52. The molecule has 1 fully saturated rings. The van der Waals surface area contributed by atoms with E-state index < -0.39 is 36.0 Å². The highest BCUT2D eigenvalue weighted by molar-refractivity contribution is 5.89. The van der Waals surface area contributed by atoms with Gasteiger partial charge in [0.05, 0.1) is 17.7 Å². The molecule has 9 nitrogen and oxygen atoms in total. The molecule has 0 radical (unpaired) electrons. The SMILES string of the molecule is C[C@H](Nc1nccc(N2C(=O)OCC2[C@@H](C)O)n1)c1ncc(-c2cccc(C(F)(F)F)c2)cn1. The van der Waals surface area contributed by atoms with Gasteiger partial charge in [0, 0.05) is 24.2 Å². The molecule has 178 valence electrons. The number of carbonyl (C=O) groups excluding carboxylic acids is 1. The summed E-state index contributed by atoms with van der Waals surface area (Å²) in [5.41, 5.74) is 0.0426. The molecule has 0 bridgehead atoms. The Morgan fingerprint density at radius 3 is 2.56 bits per heavy atom. The molecule has 2 N–H and O–H groups in total. The number of aromatic nitrogens is 4. The van der Waals surface area contributed by atoms with E-state index >= 15 is 0 Å². The number of nitrogens with zero attached hydrogens (tertiary/aromatic N) is 5. The number of benzene rings is 1. The maximum Gasteiger partial charge on any atom is 0.416 e. The zero-order chi connectivity index (χ0) is 24.5. The highest BCUT2D eigenvalue weighted by Crippen LogP contribution is 2.32. The van der Waals surface area contributed by atoms with Crippen LogP contribution in [0.2, 0.25) is 0 Å². The lowest BCUT2D eigenvalue weighted by atomic mass is 10.1. The van der Waals surface area contributed by atoms with Crippen molar-refractivity contribution in [3.63, 3.8) is 0 Å². The fourth-order valence-electron chi connectivity index (χ4n) is 3.45. The fourth-order valence-corrected chi connectivity index (χ4v) is 3.45. The van der Waals surface area contributed by atoms with Gasteiger partial charge in [-0.2, -0.15) is 18.2 Å². The predicted molar refractivity (Wildman–Crippen MR) is 116 cm³/mol. The van der Waals surface area contributed by atoms with Crippen molar-refractivity contribution < 1.29 is 27.8 Å². The number of nitrogens with one attached hydrogen (secondary N) is 1. The van der Waals surface area contributed by atoms with E-state index in [1.54, 1.807) is 19.9 Å². The van der Waals surface area contributed by atoms with Crippen LogP contribution in [-0.2, 0) is 10.9 Å². The van der Waals surface area contributed by atoms with Crippen molar-refractivity contribution in [2.75, 3.05) is 16.8 Å². The number of halogens is 3. The normalized spacial score (nSPS) is 17.9. The zero-order valence-electron chi connectivity index (χ0n) is 18.2. The molecular formula is C22H21F3N6O3. The molecule has 3 aromatic rings. The molecule has 0 aliphatic carbocycles. The van der Waals surface area contributed by atoms with Crippen molar-refractivity contribution in [2.24, 2.45) is 0 Å². The standard InChI is InChI=1S/C22H21F3N6O3/c1-12(19-27-9-15(10-28-19)14-4-3-5-16(8-14)22(23,24)25)29-20-26-7-6-18(30-20)31-17(13(2)32)11-34-21(31)33/h3-10,12-13,17,32H,11H2,1-2H3,(H,26,29,30)/t12-,13+,17?/m0/s1. The molecule has 1 saturated heterocycles. The van der Waals surface area contributed by atoms with Crippen LogP contribution in [-0.4, -0.2) is 49.9 Å². The van der Waals surface area contributed by atoms with E-state index in [0.717, 1.165) is 12.1 Å². The van der Waals surface area contributed by atoms with Gasteiger partial charge in [-0.05, 0) is 37.6 Å². The summed E-state index contributed by atoms with van der Waals surface area (Å²) < 4.78 is 44.0. The molecule has 0 spiro atoms. The second-order valence-corrected chi connectivity index (χ2v) is 7.77. The molecule has 1 aliphatic rings. The number of anilines is 2.